The van der Waals surface area contributed by atoms with Crippen molar-refractivity contribution in [1.82, 2.24) is 5.32 Å². The van der Waals surface area contributed by atoms with E-state index in [9.17, 15) is 4.79 Å². The summed E-state index contributed by atoms with van der Waals surface area (Å²) >= 11 is 0. The number of carboxylic acids is 1. The summed E-state index contributed by atoms with van der Waals surface area (Å²) in [5.74, 6) is -0.720. The van der Waals surface area contributed by atoms with Gasteiger partial charge in [0.05, 0.1) is 0 Å². The van der Waals surface area contributed by atoms with Crippen LogP contribution in [0.2, 0.25) is 0 Å². The van der Waals surface area contributed by atoms with Crippen LogP contribution < -0.4 is 5.32 Å². The molecule has 1 aliphatic heterocycles. The van der Waals surface area contributed by atoms with Gasteiger partial charge in [-0.2, -0.15) is 0 Å². The highest BCUT2D eigenvalue weighted by molar-refractivity contribution is 7.30. The van der Waals surface area contributed by atoms with Crippen LogP contribution in [0.15, 0.2) is 0 Å². The van der Waals surface area contributed by atoms with Gasteiger partial charge in [0.15, 0.2) is 0 Å². The fraction of sp³-hybridized carbons (Fsp3) is 0.800. The average molecular weight is 196 g/mol. The van der Waals surface area contributed by atoms with E-state index in [4.69, 9.17) is 19.5 Å². The molecular formula is C5H11NO5P+. The quantitative estimate of drug-likeness (QED) is 0.419. The summed E-state index contributed by atoms with van der Waals surface area (Å²) in [5.41, 5.74) is 0. The van der Waals surface area contributed by atoms with Crippen LogP contribution in [0.5, 0.6) is 0 Å². The lowest BCUT2D eigenvalue weighted by atomic mass is 10.2. The van der Waals surface area contributed by atoms with Crippen LogP contribution in [0.25, 0.3) is 0 Å². The molecule has 0 aromatic carbocycles. The molecule has 70 valence electrons. The maximum absolute atomic E-state index is 10.1. The average Bonchev–Trinajstić information content (AvgIpc) is 2.34. The zero-order valence-electron chi connectivity index (χ0n) is 6.30. The second kappa shape index (κ2) is 6.02. The van der Waals surface area contributed by atoms with E-state index in [1.54, 1.807) is 0 Å². The minimum Gasteiger partial charge on any atom is -0.480 e. The van der Waals surface area contributed by atoms with Gasteiger partial charge in [-0.05, 0) is 19.4 Å². The number of carboxylic acid groups (broad SMARTS) is 1. The van der Waals surface area contributed by atoms with Gasteiger partial charge < -0.3 is 10.4 Å². The first kappa shape index (κ1) is 11.4. The van der Waals surface area contributed by atoms with Gasteiger partial charge in [0.25, 0.3) is 0 Å². The summed E-state index contributed by atoms with van der Waals surface area (Å²) in [6.07, 6.45) is 1.78. The number of hydrogen-bond donors (Lipinski definition) is 4. The van der Waals surface area contributed by atoms with Crippen molar-refractivity contribution in [3.05, 3.63) is 0 Å². The molecule has 0 spiro atoms. The Bertz CT molecular complexity index is 163. The summed E-state index contributed by atoms with van der Waals surface area (Å²) < 4.78 is 8.70. The van der Waals surface area contributed by atoms with E-state index in [1.807, 2.05) is 0 Å². The second-order valence-electron chi connectivity index (χ2n) is 2.24. The van der Waals surface area contributed by atoms with E-state index in [1.165, 1.54) is 0 Å². The maximum atomic E-state index is 10.1. The Kier molecular flexibility index (Phi) is 5.74. The van der Waals surface area contributed by atoms with Gasteiger partial charge in [0.2, 0.25) is 0 Å². The second-order valence-corrected chi connectivity index (χ2v) is 2.75. The topological polar surface area (TPSA) is 107 Å². The van der Waals surface area contributed by atoms with Crippen molar-refractivity contribution in [2.45, 2.75) is 18.9 Å². The number of hydrogen-bond acceptors (Lipinski definition) is 3. The monoisotopic (exact) mass is 196 g/mol. The van der Waals surface area contributed by atoms with Crippen molar-refractivity contribution in [2.75, 3.05) is 6.54 Å². The van der Waals surface area contributed by atoms with Crippen molar-refractivity contribution in [3.8, 4) is 0 Å². The summed E-state index contributed by atoms with van der Waals surface area (Å²) in [7, 11) is -2.87. The minimum atomic E-state index is -2.87. The summed E-state index contributed by atoms with van der Waals surface area (Å²) in [5, 5.41) is 11.2. The maximum Gasteiger partial charge on any atom is 0.692 e. The van der Waals surface area contributed by atoms with Crippen LogP contribution in [0.3, 0.4) is 0 Å². The van der Waals surface area contributed by atoms with Crippen LogP contribution in [0.1, 0.15) is 12.8 Å². The third kappa shape index (κ3) is 6.18. The number of aliphatic carboxylic acids is 1. The van der Waals surface area contributed by atoms with Gasteiger partial charge >= 0.3 is 14.2 Å². The Hall–Kier alpha value is -0.550. The molecule has 1 atom stereocenters. The van der Waals surface area contributed by atoms with E-state index in [2.05, 4.69) is 5.32 Å². The molecule has 1 fully saturated rings. The molecule has 4 N–H and O–H groups in total. The lowest BCUT2D eigenvalue weighted by Gasteiger charge is -1.99. The van der Waals surface area contributed by atoms with Crippen molar-refractivity contribution < 1.29 is 24.3 Å². The highest BCUT2D eigenvalue weighted by Crippen LogP contribution is 2.03. The fourth-order valence-electron chi connectivity index (χ4n) is 0.895. The summed E-state index contributed by atoms with van der Waals surface area (Å²) in [6.45, 7) is 0.858. The predicted molar refractivity (Wildman–Crippen MR) is 40.7 cm³/mol. The van der Waals surface area contributed by atoms with Crippen LogP contribution in [-0.4, -0.2) is 33.4 Å². The summed E-state index contributed by atoms with van der Waals surface area (Å²) in [6, 6.07) is -0.269. The van der Waals surface area contributed by atoms with Gasteiger partial charge in [-0.15, -0.1) is 9.79 Å². The van der Waals surface area contributed by atoms with Crippen molar-refractivity contribution in [2.24, 2.45) is 0 Å². The molecule has 0 aromatic heterocycles. The Balaban J connectivity index is 0.000000261. The van der Waals surface area contributed by atoms with E-state index < -0.39 is 14.2 Å². The molecule has 1 heterocycles. The van der Waals surface area contributed by atoms with E-state index in [-0.39, 0.29) is 6.04 Å². The van der Waals surface area contributed by atoms with Gasteiger partial charge in [-0.3, -0.25) is 4.79 Å². The molecule has 0 saturated carbocycles. The van der Waals surface area contributed by atoms with Crippen molar-refractivity contribution in [1.29, 1.82) is 0 Å². The van der Waals surface area contributed by atoms with E-state index in [0.717, 1.165) is 19.4 Å². The summed E-state index contributed by atoms with van der Waals surface area (Å²) in [4.78, 5) is 24.4. The Labute approximate surface area is 70.2 Å². The van der Waals surface area contributed by atoms with Crippen LogP contribution >= 0.6 is 8.25 Å². The molecule has 1 rings (SSSR count). The molecule has 6 nitrogen and oxygen atoms in total. The highest BCUT2D eigenvalue weighted by Gasteiger charge is 2.20. The molecule has 7 heteroatoms. The largest absolute Gasteiger partial charge is 0.692 e. The molecular weight excluding hydrogens is 185 g/mol. The van der Waals surface area contributed by atoms with Crippen LogP contribution in [0, 0.1) is 0 Å². The van der Waals surface area contributed by atoms with Gasteiger partial charge in [-0.25, -0.2) is 0 Å². The molecule has 0 unspecified atom stereocenters. The molecule has 1 saturated heterocycles. The van der Waals surface area contributed by atoms with E-state index in [0.29, 0.717) is 0 Å². The molecule has 0 aromatic rings. The van der Waals surface area contributed by atoms with E-state index >= 15 is 0 Å². The highest BCUT2D eigenvalue weighted by atomic mass is 31.1. The normalized spacial score (nSPS) is 21.0. The number of rotatable bonds is 1. The molecule has 0 radical (unpaired) electrons. The first-order chi connectivity index (χ1) is 5.54. The minimum absolute atomic E-state index is 0.269. The fourth-order valence-corrected chi connectivity index (χ4v) is 0.895. The zero-order chi connectivity index (χ0) is 9.56. The molecule has 12 heavy (non-hydrogen) atoms. The Morgan fingerprint density at radius 1 is 1.50 bits per heavy atom. The number of nitrogens with one attached hydrogen (secondary N) is 1. The Morgan fingerprint density at radius 2 is 2.00 bits per heavy atom. The van der Waals surface area contributed by atoms with Crippen LogP contribution in [0.4, 0.5) is 0 Å². The SMILES string of the molecule is O=C(O)[C@@H]1CCCN1.O=[P+](O)O. The molecule has 0 aliphatic carbocycles. The lowest BCUT2D eigenvalue weighted by molar-refractivity contribution is -0.139. The van der Waals surface area contributed by atoms with Crippen LogP contribution in [-0.2, 0) is 9.36 Å². The standard InChI is InChI=1S/C5H9NO2.HO3P/c7-5(8)4-2-1-3-6-4;1-4(2)3/h4,6H,1-3H2,(H,7,8);(H-,1,2,3)/p+1/t4-;/m0./s1. The lowest BCUT2D eigenvalue weighted by Crippen LogP contribution is -2.29. The van der Waals surface area contributed by atoms with Crippen molar-refractivity contribution in [3.63, 3.8) is 0 Å². The zero-order valence-corrected chi connectivity index (χ0v) is 7.20. The van der Waals surface area contributed by atoms with Gasteiger partial charge in [0, 0.05) is 4.57 Å². The smallest absolute Gasteiger partial charge is 0.480 e. The third-order valence-corrected chi connectivity index (χ3v) is 1.36. The number of carbonyl (C=O) groups is 1. The third-order valence-electron chi connectivity index (χ3n) is 1.36. The molecule has 0 amide bonds. The first-order valence-electron chi connectivity index (χ1n) is 3.35. The Morgan fingerprint density at radius 3 is 2.17 bits per heavy atom. The van der Waals surface area contributed by atoms with Gasteiger partial charge in [0.1, 0.15) is 6.04 Å². The molecule has 0 bridgehead atoms. The first-order valence-corrected chi connectivity index (χ1v) is 4.51. The van der Waals surface area contributed by atoms with Crippen molar-refractivity contribution >= 4 is 14.2 Å². The predicted octanol–water partition coefficient (Wildman–Crippen LogP) is -0.549. The van der Waals surface area contributed by atoms with Gasteiger partial charge in [-0.1, -0.05) is 0 Å². The molecule has 1 aliphatic rings.